The third-order valence-electron chi connectivity index (χ3n) is 7.06. The topological polar surface area (TPSA) is 78.8 Å². The molecule has 35 heavy (non-hydrogen) atoms. The minimum Gasteiger partial charge on any atom is -0.342 e. The molecule has 0 radical (unpaired) electrons. The number of carbonyl (C=O) groups is 2. The number of benzene rings is 2. The summed E-state index contributed by atoms with van der Waals surface area (Å²) in [4.78, 5) is 42.1. The molecule has 2 aliphatic heterocycles. The maximum absolute atomic E-state index is 15.5. The monoisotopic (exact) mass is 471 g/mol. The van der Waals surface area contributed by atoms with Crippen molar-refractivity contribution in [1.82, 2.24) is 19.8 Å². The van der Waals surface area contributed by atoms with Crippen LogP contribution in [0, 0.1) is 17.7 Å². The zero-order valence-electron chi connectivity index (χ0n) is 19.7. The second-order valence-electron chi connectivity index (χ2n) is 10.2. The highest BCUT2D eigenvalue weighted by Crippen LogP contribution is 2.35. The predicted octanol–water partition coefficient (Wildman–Crippen LogP) is 3.67. The van der Waals surface area contributed by atoms with Crippen LogP contribution in [0.3, 0.4) is 0 Å². The van der Waals surface area contributed by atoms with Crippen molar-refractivity contribution in [3.05, 3.63) is 60.2 Å². The molecule has 1 saturated heterocycles. The molecule has 2 aromatic carbocycles. The van der Waals surface area contributed by atoms with Gasteiger partial charge in [0.25, 0.3) is 5.91 Å². The average molecular weight is 472 g/mol. The fourth-order valence-electron chi connectivity index (χ4n) is 4.91. The molecule has 3 heterocycles. The minimum absolute atomic E-state index is 0.143. The number of amides is 2. The van der Waals surface area contributed by atoms with Gasteiger partial charge in [0.05, 0.1) is 16.6 Å². The highest BCUT2D eigenvalue weighted by molar-refractivity contribution is 6.15. The summed E-state index contributed by atoms with van der Waals surface area (Å²) in [6.07, 6.45) is 5.24. The van der Waals surface area contributed by atoms with Crippen molar-refractivity contribution in [2.75, 3.05) is 19.6 Å². The van der Waals surface area contributed by atoms with Crippen molar-refractivity contribution >= 4 is 28.7 Å². The molecule has 0 unspecified atom stereocenters. The van der Waals surface area contributed by atoms with Crippen molar-refractivity contribution in [2.45, 2.75) is 32.2 Å². The van der Waals surface area contributed by atoms with Gasteiger partial charge in [-0.1, -0.05) is 12.1 Å². The molecule has 0 bridgehead atoms. The van der Waals surface area contributed by atoms with E-state index in [0.29, 0.717) is 36.6 Å². The molecule has 7 nitrogen and oxygen atoms in total. The Kier molecular flexibility index (Phi) is 4.95. The first kappa shape index (κ1) is 21.8. The van der Waals surface area contributed by atoms with E-state index in [1.165, 1.54) is 6.07 Å². The first-order valence-corrected chi connectivity index (χ1v) is 12.0. The quantitative estimate of drug-likeness (QED) is 0.569. The largest absolute Gasteiger partial charge is 0.342 e. The van der Waals surface area contributed by atoms with Crippen molar-refractivity contribution in [3.8, 4) is 11.1 Å². The Morgan fingerprint density at radius 2 is 1.71 bits per heavy atom. The Morgan fingerprint density at radius 1 is 1.03 bits per heavy atom. The number of halogens is 1. The van der Waals surface area contributed by atoms with Gasteiger partial charge >= 0.3 is 0 Å². The first-order valence-electron chi connectivity index (χ1n) is 12.0. The Bertz CT molecular complexity index is 1390. The molecule has 2 amide bonds. The van der Waals surface area contributed by atoms with Gasteiger partial charge in [0.2, 0.25) is 5.91 Å². The van der Waals surface area contributed by atoms with E-state index in [9.17, 15) is 9.59 Å². The van der Waals surface area contributed by atoms with Crippen LogP contribution in [-0.2, 0) is 9.59 Å². The Labute approximate surface area is 202 Å². The molecule has 1 saturated carbocycles. The van der Waals surface area contributed by atoms with Gasteiger partial charge in [-0.15, -0.1) is 0 Å². The van der Waals surface area contributed by atoms with E-state index in [2.05, 4.69) is 15.0 Å². The summed E-state index contributed by atoms with van der Waals surface area (Å²) in [5.74, 6) is 0.376. The van der Waals surface area contributed by atoms with Crippen LogP contribution in [-0.4, -0.2) is 62.6 Å². The van der Waals surface area contributed by atoms with E-state index < -0.39 is 11.4 Å². The maximum atomic E-state index is 15.5. The van der Waals surface area contributed by atoms with Crippen LogP contribution in [0.2, 0.25) is 0 Å². The van der Waals surface area contributed by atoms with Crippen molar-refractivity contribution < 1.29 is 14.0 Å². The zero-order chi connectivity index (χ0) is 24.3. The van der Waals surface area contributed by atoms with Crippen molar-refractivity contribution in [1.29, 1.82) is 0 Å². The summed E-state index contributed by atoms with van der Waals surface area (Å²) in [5, 5.41) is 0. The Morgan fingerprint density at radius 3 is 2.43 bits per heavy atom. The molecular formula is C27H26FN5O2. The second kappa shape index (κ2) is 7.93. The summed E-state index contributed by atoms with van der Waals surface area (Å²) in [6.45, 7) is 5.21. The third-order valence-corrected chi connectivity index (χ3v) is 7.06. The lowest BCUT2D eigenvalue weighted by molar-refractivity contribution is -0.140. The highest BCUT2D eigenvalue weighted by Gasteiger charge is 2.45. The number of rotatable bonds is 5. The number of fused-ring (bicyclic) bond motifs is 1. The fourth-order valence-corrected chi connectivity index (χ4v) is 4.91. The van der Waals surface area contributed by atoms with E-state index in [0.717, 1.165) is 29.4 Å². The number of hydrogen-bond acceptors (Lipinski definition) is 5. The molecule has 0 N–H and O–H groups in total. The molecule has 3 aromatic rings. The number of aromatic nitrogens is 2. The van der Waals surface area contributed by atoms with E-state index >= 15 is 4.39 Å². The molecule has 3 aliphatic rings. The smallest absolute Gasteiger partial charge is 0.255 e. The van der Waals surface area contributed by atoms with Crippen molar-refractivity contribution in [2.24, 2.45) is 16.8 Å². The molecule has 178 valence electrons. The summed E-state index contributed by atoms with van der Waals surface area (Å²) in [7, 11) is 0. The molecule has 6 rings (SSSR count). The molecule has 8 heteroatoms. The Balaban J connectivity index is 1.25. The van der Waals surface area contributed by atoms with Crippen LogP contribution in [0.1, 0.15) is 32.3 Å². The van der Waals surface area contributed by atoms with Gasteiger partial charge in [0, 0.05) is 43.9 Å². The van der Waals surface area contributed by atoms with Gasteiger partial charge in [-0.25, -0.2) is 4.39 Å². The van der Waals surface area contributed by atoms with Gasteiger partial charge in [0.15, 0.2) is 0 Å². The van der Waals surface area contributed by atoms with Gasteiger partial charge in [0.1, 0.15) is 17.2 Å². The van der Waals surface area contributed by atoms with E-state index in [1.807, 2.05) is 29.2 Å². The number of hydrogen-bond donors (Lipinski definition) is 0. The first-order chi connectivity index (χ1) is 16.8. The third kappa shape index (κ3) is 3.87. The van der Waals surface area contributed by atoms with Crippen LogP contribution in [0.5, 0.6) is 0 Å². The maximum Gasteiger partial charge on any atom is 0.255 e. The number of amidine groups is 1. The zero-order valence-corrected chi connectivity index (χ0v) is 19.7. The standard InChI is InChI=1S/C27H26FN5O2/c1-27(2)26(35)33(15-16-13-32(14-16)25(34)17-3-4-17)24(31-27)20-7-5-18(11-21(20)28)19-6-8-22-23(12-19)30-10-9-29-22/h5-12,16-17H,3-4,13-15H2,1-2H3. The van der Waals surface area contributed by atoms with Gasteiger partial charge in [-0.05, 0) is 62.1 Å². The molecule has 0 spiro atoms. The molecular weight excluding hydrogens is 445 g/mol. The van der Waals surface area contributed by atoms with Gasteiger partial charge in [-0.2, -0.15) is 0 Å². The number of carbonyl (C=O) groups excluding carboxylic acids is 2. The van der Waals surface area contributed by atoms with Crippen LogP contribution < -0.4 is 0 Å². The normalized spacial score (nSPS) is 19.7. The van der Waals surface area contributed by atoms with E-state index in [1.54, 1.807) is 37.2 Å². The van der Waals surface area contributed by atoms with Gasteiger partial charge < -0.3 is 4.90 Å². The Hall–Kier alpha value is -3.68. The second-order valence-corrected chi connectivity index (χ2v) is 10.2. The van der Waals surface area contributed by atoms with Gasteiger partial charge in [-0.3, -0.25) is 29.4 Å². The SMILES string of the molecule is CC1(C)N=C(c2ccc(-c3ccc4nccnc4c3)cc2F)N(CC2CN(C(=O)C3CC3)C2)C1=O. The van der Waals surface area contributed by atoms with Crippen molar-refractivity contribution in [3.63, 3.8) is 0 Å². The minimum atomic E-state index is -0.954. The lowest BCUT2D eigenvalue weighted by atomic mass is 9.97. The molecule has 0 atom stereocenters. The summed E-state index contributed by atoms with van der Waals surface area (Å²) < 4.78 is 15.5. The van der Waals surface area contributed by atoms with Crippen LogP contribution in [0.4, 0.5) is 4.39 Å². The summed E-state index contributed by atoms with van der Waals surface area (Å²) in [5.41, 5.74) is 2.41. The van der Waals surface area contributed by atoms with E-state index in [-0.39, 0.29) is 23.7 Å². The molecule has 1 aromatic heterocycles. The number of aliphatic imine (C=N–C) groups is 1. The molecule has 2 fully saturated rings. The lowest BCUT2D eigenvalue weighted by Crippen LogP contribution is -2.55. The van der Waals surface area contributed by atoms with Crippen LogP contribution >= 0.6 is 0 Å². The highest BCUT2D eigenvalue weighted by atomic mass is 19.1. The number of nitrogens with zero attached hydrogens (tertiary/aromatic N) is 5. The van der Waals surface area contributed by atoms with Crippen LogP contribution in [0.15, 0.2) is 53.8 Å². The fraction of sp³-hybridized carbons (Fsp3) is 0.370. The predicted molar refractivity (Wildman–Crippen MR) is 130 cm³/mol. The number of likely N-dealkylation sites (tertiary alicyclic amines) is 1. The lowest BCUT2D eigenvalue weighted by Gasteiger charge is -2.41. The summed E-state index contributed by atoms with van der Waals surface area (Å²) in [6, 6.07) is 10.6. The average Bonchev–Trinajstić information content (AvgIpc) is 3.64. The van der Waals surface area contributed by atoms with E-state index in [4.69, 9.17) is 0 Å². The van der Waals surface area contributed by atoms with Crippen LogP contribution in [0.25, 0.3) is 22.2 Å². The summed E-state index contributed by atoms with van der Waals surface area (Å²) >= 11 is 0. The molecule has 1 aliphatic carbocycles.